The van der Waals surface area contributed by atoms with E-state index < -0.39 is 12.1 Å². The third-order valence-electron chi connectivity index (χ3n) is 2.71. The molecule has 0 saturated heterocycles. The van der Waals surface area contributed by atoms with Crippen molar-refractivity contribution in [2.75, 3.05) is 13.7 Å². The standard InChI is InChI=1S/C9H15F3O/c1-13-6-7-2-4-8(5-3-7)9(10,11)12/h7-8H,2-6H2,1H3/t7-,8+. The number of ether oxygens (including phenoxy) is 1. The second kappa shape index (κ2) is 4.31. The molecule has 1 fully saturated rings. The zero-order valence-corrected chi connectivity index (χ0v) is 7.73. The Kier molecular flexibility index (Phi) is 3.59. The maximum Gasteiger partial charge on any atom is 0.391 e. The van der Waals surface area contributed by atoms with E-state index in [0.717, 1.165) is 0 Å². The molecule has 1 nitrogen and oxygen atoms in total. The highest BCUT2D eigenvalue weighted by Gasteiger charge is 2.41. The van der Waals surface area contributed by atoms with Crippen LogP contribution in [0.3, 0.4) is 0 Å². The lowest BCUT2D eigenvalue weighted by Gasteiger charge is -2.29. The highest BCUT2D eigenvalue weighted by atomic mass is 19.4. The molecule has 0 aromatic heterocycles. The molecule has 0 radical (unpaired) electrons. The second-order valence-electron chi connectivity index (χ2n) is 3.71. The van der Waals surface area contributed by atoms with E-state index in [0.29, 0.717) is 25.4 Å². The minimum atomic E-state index is -3.99. The molecule has 0 aromatic carbocycles. The van der Waals surface area contributed by atoms with E-state index in [2.05, 4.69) is 0 Å². The van der Waals surface area contributed by atoms with Crippen LogP contribution in [0, 0.1) is 11.8 Å². The molecule has 0 spiro atoms. The monoisotopic (exact) mass is 196 g/mol. The number of alkyl halides is 3. The quantitative estimate of drug-likeness (QED) is 0.659. The SMILES string of the molecule is COC[C@H]1CC[C@@H](C(F)(F)F)CC1. The Balaban J connectivity index is 2.30. The van der Waals surface area contributed by atoms with Crippen LogP contribution in [0.5, 0.6) is 0 Å². The van der Waals surface area contributed by atoms with Crippen LogP contribution in [0.2, 0.25) is 0 Å². The number of rotatable bonds is 2. The average molecular weight is 196 g/mol. The number of hydrogen-bond donors (Lipinski definition) is 0. The van der Waals surface area contributed by atoms with Crippen molar-refractivity contribution in [3.63, 3.8) is 0 Å². The van der Waals surface area contributed by atoms with Gasteiger partial charge in [0.05, 0.1) is 5.92 Å². The van der Waals surface area contributed by atoms with Crippen molar-refractivity contribution in [2.24, 2.45) is 11.8 Å². The van der Waals surface area contributed by atoms with Gasteiger partial charge in [0.15, 0.2) is 0 Å². The van der Waals surface area contributed by atoms with Gasteiger partial charge in [0.25, 0.3) is 0 Å². The van der Waals surface area contributed by atoms with Crippen LogP contribution < -0.4 is 0 Å². The number of halogens is 3. The fraction of sp³-hybridized carbons (Fsp3) is 1.00. The maximum atomic E-state index is 12.2. The van der Waals surface area contributed by atoms with Crippen molar-refractivity contribution >= 4 is 0 Å². The van der Waals surface area contributed by atoms with Crippen molar-refractivity contribution in [2.45, 2.75) is 31.9 Å². The van der Waals surface area contributed by atoms with E-state index >= 15 is 0 Å². The van der Waals surface area contributed by atoms with Gasteiger partial charge in [-0.15, -0.1) is 0 Å². The molecule has 0 amide bonds. The van der Waals surface area contributed by atoms with Crippen molar-refractivity contribution in [1.82, 2.24) is 0 Å². The summed E-state index contributed by atoms with van der Waals surface area (Å²) in [6.45, 7) is 0.602. The van der Waals surface area contributed by atoms with Gasteiger partial charge in [0.2, 0.25) is 0 Å². The smallest absolute Gasteiger partial charge is 0.384 e. The molecule has 1 aliphatic carbocycles. The van der Waals surface area contributed by atoms with E-state index in [1.54, 1.807) is 7.11 Å². The van der Waals surface area contributed by atoms with Crippen LogP contribution in [-0.4, -0.2) is 19.9 Å². The highest BCUT2D eigenvalue weighted by Crippen LogP contribution is 2.39. The first kappa shape index (κ1) is 10.8. The number of methoxy groups -OCH3 is 1. The van der Waals surface area contributed by atoms with Gasteiger partial charge < -0.3 is 4.74 Å². The molecule has 0 aliphatic heterocycles. The summed E-state index contributed by atoms with van der Waals surface area (Å²) in [6, 6.07) is 0. The first-order valence-corrected chi connectivity index (χ1v) is 4.59. The van der Waals surface area contributed by atoms with Crippen molar-refractivity contribution < 1.29 is 17.9 Å². The summed E-state index contributed by atoms with van der Waals surface area (Å²) in [4.78, 5) is 0. The van der Waals surface area contributed by atoms with Gasteiger partial charge in [-0.2, -0.15) is 13.2 Å². The molecule has 78 valence electrons. The minimum Gasteiger partial charge on any atom is -0.384 e. The topological polar surface area (TPSA) is 9.23 Å². The first-order chi connectivity index (χ1) is 6.04. The molecule has 0 atom stereocenters. The third kappa shape index (κ3) is 3.18. The summed E-state index contributed by atoms with van der Waals surface area (Å²) in [5.74, 6) is -0.732. The van der Waals surface area contributed by atoms with Crippen molar-refractivity contribution in [1.29, 1.82) is 0 Å². The Labute approximate surface area is 76.3 Å². The molecule has 0 aromatic rings. The molecule has 1 saturated carbocycles. The predicted octanol–water partition coefficient (Wildman–Crippen LogP) is 3.00. The zero-order chi connectivity index (χ0) is 9.90. The largest absolute Gasteiger partial charge is 0.391 e. The highest BCUT2D eigenvalue weighted by molar-refractivity contribution is 4.76. The Morgan fingerprint density at radius 1 is 1.15 bits per heavy atom. The van der Waals surface area contributed by atoms with Crippen molar-refractivity contribution in [3.05, 3.63) is 0 Å². The average Bonchev–Trinajstić information content (AvgIpc) is 2.04. The van der Waals surface area contributed by atoms with Crippen LogP contribution in [0.4, 0.5) is 13.2 Å². The summed E-state index contributed by atoms with van der Waals surface area (Å²) in [6.07, 6.45) is -2.14. The first-order valence-electron chi connectivity index (χ1n) is 4.59. The van der Waals surface area contributed by atoms with Gasteiger partial charge in [0.1, 0.15) is 0 Å². The van der Waals surface area contributed by atoms with E-state index in [4.69, 9.17) is 4.74 Å². The molecule has 1 rings (SSSR count). The van der Waals surface area contributed by atoms with Crippen LogP contribution in [0.25, 0.3) is 0 Å². The van der Waals surface area contributed by atoms with Crippen LogP contribution in [0.15, 0.2) is 0 Å². The minimum absolute atomic E-state index is 0.275. The second-order valence-corrected chi connectivity index (χ2v) is 3.71. The molecule has 0 N–H and O–H groups in total. The van der Waals surface area contributed by atoms with Gasteiger partial charge in [-0.25, -0.2) is 0 Å². The predicted molar refractivity (Wildman–Crippen MR) is 43.4 cm³/mol. The fourth-order valence-electron chi connectivity index (χ4n) is 1.89. The van der Waals surface area contributed by atoms with Crippen LogP contribution in [-0.2, 0) is 4.74 Å². The van der Waals surface area contributed by atoms with Crippen molar-refractivity contribution in [3.8, 4) is 0 Å². The van der Waals surface area contributed by atoms with Gasteiger partial charge in [0, 0.05) is 13.7 Å². The van der Waals surface area contributed by atoms with Crippen LogP contribution in [0.1, 0.15) is 25.7 Å². The molecule has 1 aliphatic rings. The van der Waals surface area contributed by atoms with E-state index in [1.807, 2.05) is 0 Å². The maximum absolute atomic E-state index is 12.2. The molecular formula is C9H15F3O. The molecule has 13 heavy (non-hydrogen) atoms. The van der Waals surface area contributed by atoms with Gasteiger partial charge in [-0.3, -0.25) is 0 Å². The lowest BCUT2D eigenvalue weighted by atomic mass is 9.82. The van der Waals surface area contributed by atoms with Gasteiger partial charge in [-0.05, 0) is 31.6 Å². The summed E-state index contributed by atoms with van der Waals surface area (Å²) in [5, 5.41) is 0. The van der Waals surface area contributed by atoms with E-state index in [1.165, 1.54) is 0 Å². The van der Waals surface area contributed by atoms with Crippen LogP contribution >= 0.6 is 0 Å². The Hall–Kier alpha value is -0.250. The summed E-state index contributed by atoms with van der Waals surface area (Å²) < 4.78 is 41.6. The Morgan fingerprint density at radius 2 is 1.69 bits per heavy atom. The normalized spacial score (nSPS) is 30.5. The lowest BCUT2D eigenvalue weighted by Crippen LogP contribution is -2.28. The molecule has 4 heteroatoms. The Bertz CT molecular complexity index is 147. The molecule has 0 heterocycles. The Morgan fingerprint density at radius 3 is 2.08 bits per heavy atom. The summed E-state index contributed by atoms with van der Waals surface area (Å²) in [7, 11) is 1.59. The number of hydrogen-bond acceptors (Lipinski definition) is 1. The summed E-state index contributed by atoms with van der Waals surface area (Å²) >= 11 is 0. The van der Waals surface area contributed by atoms with E-state index in [-0.39, 0.29) is 12.8 Å². The van der Waals surface area contributed by atoms with Gasteiger partial charge >= 0.3 is 6.18 Å². The zero-order valence-electron chi connectivity index (χ0n) is 7.73. The summed E-state index contributed by atoms with van der Waals surface area (Å²) in [5.41, 5.74) is 0. The molecule has 0 bridgehead atoms. The third-order valence-corrected chi connectivity index (χ3v) is 2.71. The van der Waals surface area contributed by atoms with Gasteiger partial charge in [-0.1, -0.05) is 0 Å². The van der Waals surface area contributed by atoms with E-state index in [9.17, 15) is 13.2 Å². The molecule has 0 unspecified atom stereocenters. The fourth-order valence-corrected chi connectivity index (χ4v) is 1.89. The molecular weight excluding hydrogens is 181 g/mol. The lowest BCUT2D eigenvalue weighted by molar-refractivity contribution is -0.184.